The molecular weight excluding hydrogens is 286 g/mol. The minimum absolute atomic E-state index is 0.164. The lowest BCUT2D eigenvalue weighted by molar-refractivity contribution is 0.140. The Hall–Kier alpha value is 0.1000. The van der Waals surface area contributed by atoms with Crippen LogP contribution in [0.5, 0.6) is 0 Å². The van der Waals surface area contributed by atoms with E-state index in [1.54, 1.807) is 0 Å². The summed E-state index contributed by atoms with van der Waals surface area (Å²) in [4.78, 5) is 11.5. The molecule has 0 spiro atoms. The van der Waals surface area contributed by atoms with Crippen molar-refractivity contribution in [3.63, 3.8) is 0 Å². The van der Waals surface area contributed by atoms with E-state index in [2.05, 4.69) is 10.6 Å². The number of amides is 1. The first-order chi connectivity index (χ1) is 7.92. The van der Waals surface area contributed by atoms with Crippen LogP contribution in [0.1, 0.15) is 25.7 Å². The summed E-state index contributed by atoms with van der Waals surface area (Å²) >= 11 is 16.5. The van der Waals surface area contributed by atoms with Crippen molar-refractivity contribution in [2.75, 3.05) is 6.61 Å². The van der Waals surface area contributed by atoms with Gasteiger partial charge in [0.2, 0.25) is 3.79 Å². The summed E-state index contributed by atoms with van der Waals surface area (Å²) in [5.41, 5.74) is 0. The topological polar surface area (TPSA) is 50.4 Å². The fourth-order valence-electron chi connectivity index (χ4n) is 2.53. The Morgan fingerprint density at radius 3 is 2.41 bits per heavy atom. The SMILES string of the molecule is O=C(N[C@H]1C[C@H]2CC[C@@H](C1)N2)OCC(Cl)(Cl)Cl. The van der Waals surface area contributed by atoms with Gasteiger partial charge in [0, 0.05) is 18.1 Å². The zero-order valence-electron chi connectivity index (χ0n) is 9.22. The first-order valence-corrected chi connectivity index (χ1v) is 6.82. The third-order valence-corrected chi connectivity index (χ3v) is 3.49. The second-order valence-electron chi connectivity index (χ2n) is 4.64. The van der Waals surface area contributed by atoms with E-state index in [-0.39, 0.29) is 12.6 Å². The highest BCUT2D eigenvalue weighted by molar-refractivity contribution is 6.67. The van der Waals surface area contributed by atoms with Crippen molar-refractivity contribution in [3.05, 3.63) is 0 Å². The number of ether oxygens (including phenoxy) is 1. The monoisotopic (exact) mass is 300 g/mol. The van der Waals surface area contributed by atoms with Crippen molar-refractivity contribution in [2.45, 2.75) is 47.6 Å². The fraction of sp³-hybridized carbons (Fsp3) is 0.900. The van der Waals surface area contributed by atoms with Crippen molar-refractivity contribution in [3.8, 4) is 0 Å². The Labute approximate surface area is 115 Å². The van der Waals surface area contributed by atoms with Gasteiger partial charge < -0.3 is 15.4 Å². The second-order valence-corrected chi connectivity index (χ2v) is 7.16. The Bertz CT molecular complexity index is 284. The van der Waals surface area contributed by atoms with Crippen molar-refractivity contribution < 1.29 is 9.53 Å². The van der Waals surface area contributed by atoms with Crippen molar-refractivity contribution in [2.24, 2.45) is 0 Å². The van der Waals surface area contributed by atoms with Gasteiger partial charge in [-0.05, 0) is 25.7 Å². The zero-order valence-corrected chi connectivity index (χ0v) is 11.5. The van der Waals surface area contributed by atoms with Gasteiger partial charge in [0.05, 0.1) is 0 Å². The normalized spacial score (nSPS) is 32.3. The number of rotatable bonds is 2. The predicted octanol–water partition coefficient (Wildman–Crippen LogP) is 2.37. The average molecular weight is 302 g/mol. The molecule has 0 radical (unpaired) electrons. The molecule has 2 aliphatic heterocycles. The number of carbonyl (C=O) groups is 1. The van der Waals surface area contributed by atoms with E-state index >= 15 is 0 Å². The number of hydrogen-bond acceptors (Lipinski definition) is 3. The fourth-order valence-corrected chi connectivity index (χ4v) is 2.69. The molecule has 7 heteroatoms. The molecule has 2 saturated heterocycles. The Balaban J connectivity index is 1.72. The number of alkyl halides is 3. The minimum atomic E-state index is -1.55. The van der Waals surface area contributed by atoms with E-state index < -0.39 is 9.89 Å². The van der Waals surface area contributed by atoms with Crippen LogP contribution in [0, 0.1) is 0 Å². The standard InChI is InChI=1S/C10H15Cl3N2O2/c11-10(12,13)5-17-9(16)15-8-3-6-1-2-7(4-8)14-6/h6-8,14H,1-5H2,(H,15,16)/t6-,7+,8+. The average Bonchev–Trinajstić information content (AvgIpc) is 2.54. The van der Waals surface area contributed by atoms with Crippen LogP contribution in [0.15, 0.2) is 0 Å². The third-order valence-electron chi connectivity index (χ3n) is 3.16. The van der Waals surface area contributed by atoms with Crippen LogP contribution in [0.3, 0.4) is 0 Å². The molecule has 2 N–H and O–H groups in total. The molecule has 98 valence electrons. The first kappa shape index (κ1) is 13.5. The molecule has 2 bridgehead atoms. The number of alkyl carbamates (subject to hydrolysis) is 1. The molecule has 0 aromatic heterocycles. The minimum Gasteiger partial charge on any atom is -0.445 e. The molecule has 0 unspecified atom stereocenters. The maximum atomic E-state index is 11.5. The summed E-state index contributed by atoms with van der Waals surface area (Å²) in [5, 5.41) is 6.31. The van der Waals surface area contributed by atoms with Crippen LogP contribution >= 0.6 is 34.8 Å². The number of carbonyl (C=O) groups excluding carboxylic acids is 1. The van der Waals surface area contributed by atoms with Crippen LogP contribution in [-0.4, -0.2) is 34.6 Å². The summed E-state index contributed by atoms with van der Waals surface area (Å²) in [6, 6.07) is 1.20. The molecule has 2 fully saturated rings. The largest absolute Gasteiger partial charge is 0.445 e. The van der Waals surface area contributed by atoms with Gasteiger partial charge in [-0.2, -0.15) is 0 Å². The molecule has 2 rings (SSSR count). The lowest BCUT2D eigenvalue weighted by Crippen LogP contribution is -2.48. The van der Waals surface area contributed by atoms with Crippen molar-refractivity contribution in [1.82, 2.24) is 10.6 Å². The summed E-state index contributed by atoms with van der Waals surface area (Å²) < 4.78 is 3.28. The lowest BCUT2D eigenvalue weighted by atomic mass is 10.0. The van der Waals surface area contributed by atoms with Gasteiger partial charge in [0.25, 0.3) is 0 Å². The molecule has 0 aromatic carbocycles. The van der Waals surface area contributed by atoms with Gasteiger partial charge in [-0.25, -0.2) is 4.79 Å². The number of piperidine rings is 1. The smallest absolute Gasteiger partial charge is 0.407 e. The number of halogens is 3. The highest BCUT2D eigenvalue weighted by Gasteiger charge is 2.34. The van der Waals surface area contributed by atoms with E-state index in [0.717, 1.165) is 12.8 Å². The molecular formula is C10H15Cl3N2O2. The molecule has 4 nitrogen and oxygen atoms in total. The predicted molar refractivity (Wildman–Crippen MR) is 67.7 cm³/mol. The van der Waals surface area contributed by atoms with E-state index in [4.69, 9.17) is 39.5 Å². The van der Waals surface area contributed by atoms with Crippen molar-refractivity contribution >= 4 is 40.9 Å². The van der Waals surface area contributed by atoms with Crippen LogP contribution < -0.4 is 10.6 Å². The van der Waals surface area contributed by atoms with E-state index in [1.165, 1.54) is 12.8 Å². The van der Waals surface area contributed by atoms with Gasteiger partial charge in [0.15, 0.2) is 0 Å². The molecule has 1 amide bonds. The number of nitrogens with one attached hydrogen (secondary N) is 2. The van der Waals surface area contributed by atoms with Gasteiger partial charge >= 0.3 is 6.09 Å². The molecule has 2 heterocycles. The number of fused-ring (bicyclic) bond motifs is 2. The van der Waals surface area contributed by atoms with E-state index in [9.17, 15) is 4.79 Å². The van der Waals surface area contributed by atoms with Crippen LogP contribution in [0.4, 0.5) is 4.79 Å². The maximum absolute atomic E-state index is 11.5. The Kier molecular flexibility index (Phi) is 4.29. The highest BCUT2D eigenvalue weighted by Crippen LogP contribution is 2.27. The van der Waals surface area contributed by atoms with Gasteiger partial charge in [-0.3, -0.25) is 0 Å². The highest BCUT2D eigenvalue weighted by atomic mass is 35.6. The van der Waals surface area contributed by atoms with Crippen LogP contribution in [-0.2, 0) is 4.74 Å². The Morgan fingerprint density at radius 1 is 1.29 bits per heavy atom. The quantitative estimate of drug-likeness (QED) is 0.770. The van der Waals surface area contributed by atoms with E-state index in [0.29, 0.717) is 12.1 Å². The summed E-state index contributed by atoms with van der Waals surface area (Å²) in [6.45, 7) is -0.235. The Morgan fingerprint density at radius 2 is 1.88 bits per heavy atom. The summed E-state index contributed by atoms with van der Waals surface area (Å²) in [7, 11) is 0. The van der Waals surface area contributed by atoms with Gasteiger partial charge in [0.1, 0.15) is 6.61 Å². The molecule has 0 aromatic rings. The molecule has 17 heavy (non-hydrogen) atoms. The van der Waals surface area contributed by atoms with Gasteiger partial charge in [-0.15, -0.1) is 0 Å². The third kappa shape index (κ3) is 4.36. The summed E-state index contributed by atoms with van der Waals surface area (Å²) in [5.74, 6) is 0. The summed E-state index contributed by atoms with van der Waals surface area (Å²) in [6.07, 6.45) is 3.75. The molecule has 0 saturated carbocycles. The first-order valence-electron chi connectivity index (χ1n) is 5.68. The van der Waals surface area contributed by atoms with Crippen LogP contribution in [0.25, 0.3) is 0 Å². The molecule has 2 aliphatic rings. The van der Waals surface area contributed by atoms with E-state index in [1.807, 2.05) is 0 Å². The molecule has 0 aliphatic carbocycles. The zero-order chi connectivity index (χ0) is 12.5. The molecule has 3 atom stereocenters. The lowest BCUT2D eigenvalue weighted by Gasteiger charge is -2.29. The van der Waals surface area contributed by atoms with Crippen LogP contribution in [0.2, 0.25) is 0 Å². The maximum Gasteiger partial charge on any atom is 0.407 e. The van der Waals surface area contributed by atoms with Gasteiger partial charge in [-0.1, -0.05) is 34.8 Å². The van der Waals surface area contributed by atoms with Crippen molar-refractivity contribution in [1.29, 1.82) is 0 Å². The number of hydrogen-bond donors (Lipinski definition) is 2. The second kappa shape index (κ2) is 5.39.